The van der Waals surface area contributed by atoms with E-state index in [2.05, 4.69) is 16.4 Å². The Morgan fingerprint density at radius 2 is 1.82 bits per heavy atom. The molecule has 148 valence electrons. The third-order valence-corrected chi connectivity index (χ3v) is 5.90. The zero-order valence-electron chi connectivity index (χ0n) is 16.1. The summed E-state index contributed by atoms with van der Waals surface area (Å²) in [6.07, 6.45) is 3.94. The summed E-state index contributed by atoms with van der Waals surface area (Å²) in [6.45, 7) is 2.47. The first-order chi connectivity index (χ1) is 13.4. The molecule has 1 aromatic heterocycles. The van der Waals surface area contributed by atoms with E-state index in [9.17, 15) is 13.2 Å². The molecule has 0 bridgehead atoms. The number of nitrogens with one attached hydrogen (secondary N) is 2. The van der Waals surface area contributed by atoms with Gasteiger partial charge in [-0.05, 0) is 36.6 Å². The van der Waals surface area contributed by atoms with E-state index in [1.54, 1.807) is 12.1 Å². The largest absolute Gasteiger partial charge is 0.361 e. The highest BCUT2D eigenvalue weighted by molar-refractivity contribution is 7.92. The van der Waals surface area contributed by atoms with Crippen LogP contribution in [0.3, 0.4) is 0 Å². The number of aryl methyl sites for hydroxylation is 1. The standard InChI is InChI=1S/C21H25N3O3S/c1-16-7-3-6-10-20(16)24(28(2,26)27)14-12-21(25)22-13-11-17-15-23-19-9-5-4-8-18(17)19/h3-10,15,23H,11-14H2,1-2H3,(H,22,25). The number of para-hydroxylation sites is 2. The van der Waals surface area contributed by atoms with Crippen molar-refractivity contribution < 1.29 is 13.2 Å². The predicted molar refractivity (Wildman–Crippen MR) is 113 cm³/mol. The zero-order chi connectivity index (χ0) is 20.1. The summed E-state index contributed by atoms with van der Waals surface area (Å²) in [7, 11) is -3.47. The van der Waals surface area contributed by atoms with Crippen LogP contribution in [0.15, 0.2) is 54.7 Å². The molecular weight excluding hydrogens is 374 g/mol. The summed E-state index contributed by atoms with van der Waals surface area (Å²) < 4.78 is 25.7. The monoisotopic (exact) mass is 399 g/mol. The number of aromatic amines is 1. The molecule has 1 heterocycles. The van der Waals surface area contributed by atoms with E-state index in [0.29, 0.717) is 18.7 Å². The zero-order valence-corrected chi connectivity index (χ0v) is 16.9. The van der Waals surface area contributed by atoms with Crippen LogP contribution in [0.1, 0.15) is 17.5 Å². The molecule has 28 heavy (non-hydrogen) atoms. The number of H-pyrrole nitrogens is 1. The molecule has 0 unspecified atom stereocenters. The molecule has 0 fully saturated rings. The van der Waals surface area contributed by atoms with Crippen LogP contribution in [-0.2, 0) is 21.2 Å². The van der Waals surface area contributed by atoms with Crippen LogP contribution in [0.25, 0.3) is 10.9 Å². The van der Waals surface area contributed by atoms with Crippen LogP contribution in [0.5, 0.6) is 0 Å². The van der Waals surface area contributed by atoms with Crippen LogP contribution in [0, 0.1) is 6.92 Å². The van der Waals surface area contributed by atoms with E-state index in [1.807, 2.05) is 43.5 Å². The Hall–Kier alpha value is -2.80. The van der Waals surface area contributed by atoms with E-state index < -0.39 is 10.0 Å². The highest BCUT2D eigenvalue weighted by Crippen LogP contribution is 2.22. The van der Waals surface area contributed by atoms with E-state index in [0.717, 1.165) is 28.3 Å². The Balaban J connectivity index is 1.56. The molecule has 3 rings (SSSR count). The number of sulfonamides is 1. The van der Waals surface area contributed by atoms with Crippen molar-refractivity contribution in [3.63, 3.8) is 0 Å². The van der Waals surface area contributed by atoms with Crippen LogP contribution in [0.2, 0.25) is 0 Å². The highest BCUT2D eigenvalue weighted by Gasteiger charge is 2.19. The average Bonchev–Trinajstić information content (AvgIpc) is 3.05. The van der Waals surface area contributed by atoms with Gasteiger partial charge in [-0.2, -0.15) is 0 Å². The van der Waals surface area contributed by atoms with Gasteiger partial charge in [0, 0.05) is 36.6 Å². The number of anilines is 1. The lowest BCUT2D eigenvalue weighted by Gasteiger charge is -2.23. The molecule has 0 aliphatic heterocycles. The van der Waals surface area contributed by atoms with Crippen molar-refractivity contribution in [1.82, 2.24) is 10.3 Å². The van der Waals surface area contributed by atoms with E-state index >= 15 is 0 Å². The molecule has 0 radical (unpaired) electrons. The molecule has 0 aliphatic rings. The summed E-state index contributed by atoms with van der Waals surface area (Å²) in [5, 5.41) is 4.04. The molecule has 2 aromatic carbocycles. The number of benzene rings is 2. The lowest BCUT2D eigenvalue weighted by atomic mass is 10.1. The van der Waals surface area contributed by atoms with Gasteiger partial charge in [-0.3, -0.25) is 9.10 Å². The van der Waals surface area contributed by atoms with Crippen molar-refractivity contribution in [2.75, 3.05) is 23.7 Å². The van der Waals surface area contributed by atoms with Gasteiger partial charge >= 0.3 is 0 Å². The van der Waals surface area contributed by atoms with Gasteiger partial charge in [0.15, 0.2) is 0 Å². The molecule has 6 nitrogen and oxygen atoms in total. The van der Waals surface area contributed by atoms with Gasteiger partial charge in [-0.25, -0.2) is 8.42 Å². The number of fused-ring (bicyclic) bond motifs is 1. The van der Waals surface area contributed by atoms with Gasteiger partial charge in [0.25, 0.3) is 0 Å². The first-order valence-electron chi connectivity index (χ1n) is 9.21. The number of carbonyl (C=O) groups excluding carboxylic acids is 1. The Bertz CT molecular complexity index is 1070. The maximum Gasteiger partial charge on any atom is 0.232 e. The van der Waals surface area contributed by atoms with Gasteiger partial charge in [0.05, 0.1) is 11.9 Å². The second kappa shape index (κ2) is 8.48. The summed E-state index contributed by atoms with van der Waals surface area (Å²) in [5.41, 5.74) is 3.68. The van der Waals surface area contributed by atoms with Gasteiger partial charge in [0.1, 0.15) is 0 Å². The molecule has 0 aliphatic carbocycles. The molecule has 3 aromatic rings. The second-order valence-corrected chi connectivity index (χ2v) is 8.74. The second-order valence-electron chi connectivity index (χ2n) is 6.83. The molecule has 7 heteroatoms. The third-order valence-electron chi connectivity index (χ3n) is 4.72. The molecule has 0 spiro atoms. The number of carbonyl (C=O) groups is 1. The smallest absolute Gasteiger partial charge is 0.232 e. The summed E-state index contributed by atoms with van der Waals surface area (Å²) in [5.74, 6) is -0.165. The van der Waals surface area contributed by atoms with Crippen molar-refractivity contribution in [3.05, 3.63) is 65.9 Å². The van der Waals surface area contributed by atoms with Crippen molar-refractivity contribution in [2.45, 2.75) is 19.8 Å². The fourth-order valence-electron chi connectivity index (χ4n) is 3.27. The van der Waals surface area contributed by atoms with Gasteiger partial charge in [-0.15, -0.1) is 0 Å². The van der Waals surface area contributed by atoms with E-state index in [4.69, 9.17) is 0 Å². The van der Waals surface area contributed by atoms with Crippen LogP contribution < -0.4 is 9.62 Å². The minimum Gasteiger partial charge on any atom is -0.361 e. The fraction of sp³-hybridized carbons (Fsp3) is 0.286. The molecule has 2 N–H and O–H groups in total. The molecular formula is C21H25N3O3S. The maximum atomic E-state index is 12.2. The number of hydrogen-bond donors (Lipinski definition) is 2. The van der Waals surface area contributed by atoms with Crippen molar-refractivity contribution in [1.29, 1.82) is 0 Å². The fourth-order valence-corrected chi connectivity index (χ4v) is 4.26. The summed E-state index contributed by atoms with van der Waals surface area (Å²) in [6, 6.07) is 15.3. The predicted octanol–water partition coefficient (Wildman–Crippen LogP) is 2.99. The lowest BCUT2D eigenvalue weighted by molar-refractivity contribution is -0.120. The number of amides is 1. The normalized spacial score (nSPS) is 11.5. The Labute approximate surface area is 165 Å². The van der Waals surface area contributed by atoms with Crippen LogP contribution >= 0.6 is 0 Å². The molecule has 0 saturated carbocycles. The van der Waals surface area contributed by atoms with Gasteiger partial charge in [0.2, 0.25) is 15.9 Å². The third kappa shape index (κ3) is 4.72. The lowest BCUT2D eigenvalue weighted by Crippen LogP contribution is -2.35. The van der Waals surface area contributed by atoms with Gasteiger partial charge < -0.3 is 10.3 Å². The molecule has 0 atom stereocenters. The molecule has 1 amide bonds. The Morgan fingerprint density at radius 1 is 1.11 bits per heavy atom. The maximum absolute atomic E-state index is 12.2. The Kier molecular flexibility index (Phi) is 6.04. The Morgan fingerprint density at radius 3 is 2.57 bits per heavy atom. The summed E-state index contributed by atoms with van der Waals surface area (Å²) in [4.78, 5) is 15.5. The number of hydrogen-bond acceptors (Lipinski definition) is 3. The topological polar surface area (TPSA) is 82.3 Å². The molecule has 0 saturated heterocycles. The first-order valence-corrected chi connectivity index (χ1v) is 11.1. The van der Waals surface area contributed by atoms with Crippen molar-refractivity contribution >= 4 is 32.5 Å². The summed E-state index contributed by atoms with van der Waals surface area (Å²) >= 11 is 0. The highest BCUT2D eigenvalue weighted by atomic mass is 32.2. The van der Waals surface area contributed by atoms with Gasteiger partial charge in [-0.1, -0.05) is 36.4 Å². The van der Waals surface area contributed by atoms with Crippen LogP contribution in [-0.4, -0.2) is 38.7 Å². The number of aromatic nitrogens is 1. The number of nitrogens with zero attached hydrogens (tertiary/aromatic N) is 1. The van der Waals surface area contributed by atoms with Crippen molar-refractivity contribution in [2.24, 2.45) is 0 Å². The number of rotatable bonds is 8. The van der Waals surface area contributed by atoms with E-state index in [-0.39, 0.29) is 18.9 Å². The quantitative estimate of drug-likeness (QED) is 0.611. The minimum absolute atomic E-state index is 0.106. The van der Waals surface area contributed by atoms with Crippen LogP contribution in [0.4, 0.5) is 5.69 Å². The van der Waals surface area contributed by atoms with Crippen molar-refractivity contribution in [3.8, 4) is 0 Å². The first kappa shape index (κ1) is 19.9. The van der Waals surface area contributed by atoms with E-state index in [1.165, 1.54) is 4.31 Å². The SMILES string of the molecule is Cc1ccccc1N(CCC(=O)NCCc1c[nH]c2ccccc12)S(C)(=O)=O. The average molecular weight is 400 g/mol. The minimum atomic E-state index is -3.47.